The van der Waals surface area contributed by atoms with Crippen LogP contribution in [-0.2, 0) is 50.0 Å². The number of carbonyl (C=O) groups is 6. The molecule has 0 fully saturated rings. The zero-order valence-corrected chi connectivity index (χ0v) is 28.8. The Morgan fingerprint density at radius 1 is 0.884 bits per heavy atom. The summed E-state index contributed by atoms with van der Waals surface area (Å²) in [4.78, 5) is 66.9. The number of aliphatic imine (C=N–C) groups is 1. The summed E-state index contributed by atoms with van der Waals surface area (Å²) in [5.74, 6) is -3.49. The van der Waals surface area contributed by atoms with Crippen molar-refractivity contribution in [2.24, 2.45) is 17.8 Å². The van der Waals surface area contributed by atoms with Crippen LogP contribution in [0.4, 0.5) is 0 Å². The topological polar surface area (TPSA) is 292 Å². The fraction of sp³-hybridized carbons (Fsp3) is 0.600. The molecule has 0 bridgehead atoms. The second-order valence-electron chi connectivity index (χ2n) is 5.46. The maximum atomic E-state index is 10.9. The molecule has 3 N–H and O–H groups in total. The molecule has 1 aromatic rings. The second kappa shape index (κ2) is 38.6. The molecule has 1 rings (SSSR count). The Labute approximate surface area is 280 Å². The van der Waals surface area contributed by atoms with Crippen LogP contribution >= 0.6 is 23.2 Å². The molecule has 0 saturated carbocycles. The third kappa shape index (κ3) is 34.7. The molecule has 20 nitrogen and oxygen atoms in total. The van der Waals surface area contributed by atoms with Crippen molar-refractivity contribution in [3.05, 3.63) is 21.8 Å². The van der Waals surface area contributed by atoms with Crippen molar-refractivity contribution in [2.75, 3.05) is 47.6 Å². The van der Waals surface area contributed by atoms with Gasteiger partial charge in [0.25, 0.3) is 5.82 Å². The van der Waals surface area contributed by atoms with E-state index in [-0.39, 0.29) is 53.8 Å². The number of esters is 4. The molecule has 0 aliphatic rings. The van der Waals surface area contributed by atoms with Crippen LogP contribution in [0.15, 0.2) is 4.99 Å². The Morgan fingerprint density at radius 2 is 1.28 bits per heavy atom. The van der Waals surface area contributed by atoms with E-state index < -0.39 is 35.0 Å². The van der Waals surface area contributed by atoms with Crippen molar-refractivity contribution in [2.45, 2.75) is 27.7 Å². The molecule has 0 aromatic carbocycles. The minimum Gasteiger partial charge on any atom is -0.461 e. The van der Waals surface area contributed by atoms with Crippen molar-refractivity contribution in [1.82, 2.24) is 25.5 Å². The van der Waals surface area contributed by atoms with Crippen LogP contribution in [0.1, 0.15) is 38.3 Å². The molecular formula is C20H35Cl2N10NaO10. The van der Waals surface area contributed by atoms with Gasteiger partial charge in [-0.25, -0.2) is 23.9 Å². The number of likely N-dealkylation sites (N-methyl/N-ethyl adjacent to an activating group) is 1. The van der Waals surface area contributed by atoms with Crippen molar-refractivity contribution in [3.63, 3.8) is 0 Å². The number of ether oxygens (including phenoxy) is 4. The molecule has 0 aliphatic carbocycles. The molecule has 0 radical (unpaired) electrons. The summed E-state index contributed by atoms with van der Waals surface area (Å²) >= 11 is 9.96. The summed E-state index contributed by atoms with van der Waals surface area (Å²) < 4.78 is 18.9. The summed E-state index contributed by atoms with van der Waals surface area (Å²) in [7, 11) is 5.88. The number of hydrogen-bond acceptors (Lipinski definition) is 15. The van der Waals surface area contributed by atoms with Crippen LogP contribution in [0.5, 0.6) is 0 Å². The molecule has 0 aliphatic heterocycles. The SMILES string of the molecule is CCOC(=O)C(=O)Cl.CCOC(=O)C(=O)NC.CCOC(=O)C(Cl)=NC.CCOC(=O)c1nnnn1C.CN.[N-]=[N+]=[N-].[Na+]. The van der Waals surface area contributed by atoms with Crippen LogP contribution in [0.2, 0.25) is 0 Å². The van der Waals surface area contributed by atoms with Crippen molar-refractivity contribution in [1.29, 1.82) is 0 Å². The van der Waals surface area contributed by atoms with E-state index in [1.807, 2.05) is 0 Å². The Hall–Kier alpha value is -3.39. The molecule has 0 unspecified atom stereocenters. The van der Waals surface area contributed by atoms with Gasteiger partial charge in [-0.3, -0.25) is 19.5 Å². The summed E-state index contributed by atoms with van der Waals surface area (Å²) in [5, 5.41) is 11.2. The predicted molar refractivity (Wildman–Crippen MR) is 149 cm³/mol. The van der Waals surface area contributed by atoms with E-state index in [0.717, 1.165) is 0 Å². The minimum absolute atomic E-state index is 0. The zero-order chi connectivity index (χ0) is 34.1. The van der Waals surface area contributed by atoms with Crippen LogP contribution < -0.4 is 40.6 Å². The number of halogens is 2. The van der Waals surface area contributed by atoms with E-state index in [1.165, 1.54) is 30.7 Å². The molecule has 1 aromatic heterocycles. The molecular weight excluding hydrogens is 634 g/mol. The van der Waals surface area contributed by atoms with Gasteiger partial charge in [0.05, 0.1) is 26.4 Å². The maximum Gasteiger partial charge on any atom is 1.00 e. The monoisotopic (exact) mass is 668 g/mol. The molecule has 1 amide bonds. The number of hydrogen-bond donors (Lipinski definition) is 2. The first-order chi connectivity index (χ1) is 19.8. The van der Waals surface area contributed by atoms with E-state index in [9.17, 15) is 28.8 Å². The van der Waals surface area contributed by atoms with E-state index >= 15 is 0 Å². The van der Waals surface area contributed by atoms with Gasteiger partial charge in [-0.2, -0.15) is 0 Å². The number of nitrogens with one attached hydrogen (secondary N) is 1. The van der Waals surface area contributed by atoms with Gasteiger partial charge >= 0.3 is 64.6 Å². The fourth-order valence-corrected chi connectivity index (χ4v) is 1.48. The second-order valence-corrected chi connectivity index (χ2v) is 6.17. The number of rotatable bonds is 7. The fourth-order valence-electron chi connectivity index (χ4n) is 1.37. The molecule has 0 spiro atoms. The largest absolute Gasteiger partial charge is 1.00 e. The predicted octanol–water partition coefficient (Wildman–Crippen LogP) is -2.74. The third-order valence-electron chi connectivity index (χ3n) is 2.84. The van der Waals surface area contributed by atoms with Gasteiger partial charge in [-0.1, -0.05) is 11.6 Å². The van der Waals surface area contributed by atoms with Gasteiger partial charge in [0.15, 0.2) is 0 Å². The Bertz CT molecular complexity index is 1010. The number of carbonyl (C=O) groups excluding carboxylic acids is 6. The molecule has 43 heavy (non-hydrogen) atoms. The first kappa shape index (κ1) is 52.3. The van der Waals surface area contributed by atoms with Gasteiger partial charge in [0.2, 0.25) is 5.17 Å². The van der Waals surface area contributed by atoms with Crippen LogP contribution in [0.3, 0.4) is 0 Å². The standard InChI is InChI=1S/C5H8ClNO2.C5H8N4O2.C5H9NO3.C4H5ClO3.CH5N.N3.Na/c1-3-9-5(8)4(6)7-2;1-3-11-5(10)4-6-7-8-9(4)2;1-3-9-5(8)4(7)6-2;1-2-8-4(7)3(5)6;1-2;1-3-2;/h3H2,1-2H3;3H2,1-2H3;3H2,1-2H3,(H,6,7);2H2,1H3;2H2,1H3;;/q;;;;;-1;+1. The number of tetrazole rings is 1. The van der Waals surface area contributed by atoms with Crippen LogP contribution in [0.25, 0.3) is 16.0 Å². The van der Waals surface area contributed by atoms with Crippen molar-refractivity contribution < 1.29 is 77.3 Å². The normalized spacial score (nSPS) is 8.40. The van der Waals surface area contributed by atoms with E-state index in [0.29, 0.717) is 13.2 Å². The van der Waals surface area contributed by atoms with E-state index in [1.54, 1.807) is 34.7 Å². The van der Waals surface area contributed by atoms with Gasteiger partial charge < -0.3 is 41.1 Å². The molecule has 23 heteroatoms. The molecule has 0 saturated heterocycles. The Kier molecular flexibility index (Phi) is 46.9. The third-order valence-corrected chi connectivity index (χ3v) is 3.32. The van der Waals surface area contributed by atoms with Gasteiger partial charge in [0, 0.05) is 21.1 Å². The number of nitrogens with two attached hydrogens (primary N) is 1. The van der Waals surface area contributed by atoms with E-state index in [2.05, 4.69) is 50.5 Å². The van der Waals surface area contributed by atoms with Gasteiger partial charge in [-0.15, -0.1) is 5.10 Å². The molecule has 1 heterocycles. The zero-order valence-electron chi connectivity index (χ0n) is 25.3. The smallest absolute Gasteiger partial charge is 0.461 e. The summed E-state index contributed by atoms with van der Waals surface area (Å²) in [6, 6.07) is 0. The first-order valence-electron chi connectivity index (χ1n) is 11.3. The number of aryl methyl sites for hydroxylation is 1. The average Bonchev–Trinajstić information content (AvgIpc) is 3.41. The van der Waals surface area contributed by atoms with Crippen molar-refractivity contribution >= 4 is 63.4 Å². The van der Waals surface area contributed by atoms with Crippen molar-refractivity contribution in [3.8, 4) is 0 Å². The summed E-state index contributed by atoms with van der Waals surface area (Å²) in [5.41, 5.74) is 18.0. The van der Waals surface area contributed by atoms with E-state index in [4.69, 9.17) is 34.3 Å². The Balaban J connectivity index is -0.000000101. The molecule has 240 valence electrons. The minimum atomic E-state index is -1.08. The number of amides is 1. The molecule has 0 atom stereocenters. The summed E-state index contributed by atoms with van der Waals surface area (Å²) in [6.07, 6.45) is 0. The average molecular weight is 669 g/mol. The quantitative estimate of drug-likeness (QED) is 0.0343. The van der Waals surface area contributed by atoms with Crippen LogP contribution in [0, 0.1) is 0 Å². The number of nitrogens with zero attached hydrogens (tertiary/aromatic N) is 8. The summed E-state index contributed by atoms with van der Waals surface area (Å²) in [6.45, 7) is 7.72. The van der Waals surface area contributed by atoms with Crippen LogP contribution in [-0.4, -0.2) is 108 Å². The maximum absolute atomic E-state index is 10.9. The van der Waals surface area contributed by atoms with Gasteiger partial charge in [-0.05, 0) is 56.8 Å². The Morgan fingerprint density at radius 3 is 1.56 bits per heavy atom. The first-order valence-corrected chi connectivity index (χ1v) is 12.1. The van der Waals surface area contributed by atoms with Gasteiger partial charge in [0.1, 0.15) is 0 Å². The number of aromatic nitrogens is 4.